The normalized spacial score (nSPS) is 13.9. The Bertz CT molecular complexity index is 282. The van der Waals surface area contributed by atoms with Crippen LogP contribution in [0.5, 0.6) is 0 Å². The third kappa shape index (κ3) is 10.3. The maximum absolute atomic E-state index is 11.6. The summed E-state index contributed by atoms with van der Waals surface area (Å²) < 4.78 is 4.97. The molecule has 0 aromatic heterocycles. The average Bonchev–Trinajstić information content (AvgIpc) is 2.31. The molecule has 0 aromatic carbocycles. The van der Waals surface area contributed by atoms with Gasteiger partial charge in [0.15, 0.2) is 0 Å². The van der Waals surface area contributed by atoms with E-state index in [0.717, 1.165) is 12.8 Å². The highest BCUT2D eigenvalue weighted by molar-refractivity contribution is 5.74. The molecule has 0 aliphatic heterocycles. The first-order valence-electron chi connectivity index (χ1n) is 6.64. The van der Waals surface area contributed by atoms with Gasteiger partial charge in [-0.3, -0.25) is 4.79 Å². The Morgan fingerprint density at radius 1 is 1.21 bits per heavy atom. The molecule has 0 saturated heterocycles. The molecular formula is C13H26N2O4. The molecule has 2 atom stereocenters. The van der Waals surface area contributed by atoms with Gasteiger partial charge in [-0.25, -0.2) is 4.79 Å². The van der Waals surface area contributed by atoms with Crippen LogP contribution in [0.4, 0.5) is 4.79 Å². The molecule has 2 unspecified atom stereocenters. The molecule has 3 N–H and O–H groups in total. The number of nitrogens with one attached hydrogen (secondary N) is 2. The second-order valence-corrected chi connectivity index (χ2v) is 5.18. The maximum atomic E-state index is 11.6. The van der Waals surface area contributed by atoms with Gasteiger partial charge in [-0.2, -0.15) is 0 Å². The summed E-state index contributed by atoms with van der Waals surface area (Å²) in [5.41, 5.74) is 0. The summed E-state index contributed by atoms with van der Waals surface area (Å²) >= 11 is 0. The molecular weight excluding hydrogens is 248 g/mol. The van der Waals surface area contributed by atoms with Crippen molar-refractivity contribution in [2.45, 2.75) is 52.2 Å². The van der Waals surface area contributed by atoms with Crippen LogP contribution < -0.4 is 10.6 Å². The minimum absolute atomic E-state index is 0.0999. The molecule has 0 rings (SSSR count). The van der Waals surface area contributed by atoms with Crippen molar-refractivity contribution in [3.63, 3.8) is 0 Å². The van der Waals surface area contributed by atoms with E-state index in [1.54, 1.807) is 0 Å². The third-order valence-corrected chi connectivity index (χ3v) is 2.78. The van der Waals surface area contributed by atoms with Gasteiger partial charge < -0.3 is 20.5 Å². The van der Waals surface area contributed by atoms with E-state index >= 15 is 0 Å². The van der Waals surface area contributed by atoms with Crippen LogP contribution in [0.25, 0.3) is 0 Å². The monoisotopic (exact) mass is 274 g/mol. The van der Waals surface area contributed by atoms with Crippen LogP contribution in [-0.4, -0.2) is 42.9 Å². The Morgan fingerprint density at radius 3 is 2.32 bits per heavy atom. The number of carbonyl (C=O) groups excluding carboxylic acids is 1. The number of carboxylic acids is 1. The van der Waals surface area contributed by atoms with Crippen molar-refractivity contribution in [3.8, 4) is 0 Å². The van der Waals surface area contributed by atoms with Crippen LogP contribution in [-0.2, 0) is 9.53 Å². The van der Waals surface area contributed by atoms with E-state index in [2.05, 4.69) is 24.5 Å². The number of hydrogen-bond acceptors (Lipinski definition) is 3. The van der Waals surface area contributed by atoms with Crippen molar-refractivity contribution in [3.05, 3.63) is 0 Å². The largest absolute Gasteiger partial charge is 0.481 e. The summed E-state index contributed by atoms with van der Waals surface area (Å²) in [4.78, 5) is 22.1. The van der Waals surface area contributed by atoms with Crippen molar-refractivity contribution in [2.75, 3.05) is 13.7 Å². The van der Waals surface area contributed by atoms with Crippen molar-refractivity contribution >= 4 is 12.0 Å². The number of aliphatic carboxylic acids is 1. The minimum Gasteiger partial charge on any atom is -0.481 e. The van der Waals surface area contributed by atoms with E-state index < -0.39 is 12.1 Å². The zero-order valence-corrected chi connectivity index (χ0v) is 12.2. The molecule has 0 aromatic rings. The summed E-state index contributed by atoms with van der Waals surface area (Å²) in [6, 6.07) is -0.188. The fourth-order valence-corrected chi connectivity index (χ4v) is 1.57. The predicted octanol–water partition coefficient (Wildman–Crippen LogP) is 1.60. The molecule has 0 fully saturated rings. The Kier molecular flexibility index (Phi) is 8.95. The van der Waals surface area contributed by atoms with Gasteiger partial charge in [-0.15, -0.1) is 0 Å². The van der Waals surface area contributed by atoms with E-state index in [1.807, 2.05) is 6.92 Å². The van der Waals surface area contributed by atoms with E-state index in [4.69, 9.17) is 9.84 Å². The fraction of sp³-hybridized carbons (Fsp3) is 0.846. The van der Waals surface area contributed by atoms with Crippen LogP contribution >= 0.6 is 0 Å². The predicted molar refractivity (Wildman–Crippen MR) is 73.1 cm³/mol. The van der Waals surface area contributed by atoms with Crippen molar-refractivity contribution in [2.24, 2.45) is 5.92 Å². The highest BCUT2D eigenvalue weighted by atomic mass is 16.5. The first-order valence-corrected chi connectivity index (χ1v) is 6.64. The number of carbonyl (C=O) groups is 2. The van der Waals surface area contributed by atoms with Crippen LogP contribution in [0.2, 0.25) is 0 Å². The topological polar surface area (TPSA) is 87.7 Å². The Balaban J connectivity index is 3.87. The molecule has 6 heteroatoms. The SMILES string of the molecule is COC(CNC(=O)NC(C)CCC(C)C)CC(=O)O. The molecule has 0 saturated carbocycles. The van der Waals surface area contributed by atoms with E-state index in [0.29, 0.717) is 5.92 Å². The van der Waals surface area contributed by atoms with Gasteiger partial charge in [0.1, 0.15) is 0 Å². The third-order valence-electron chi connectivity index (χ3n) is 2.78. The van der Waals surface area contributed by atoms with Crippen LogP contribution in [0.3, 0.4) is 0 Å². The number of urea groups is 1. The standard InChI is InChI=1S/C13H26N2O4/c1-9(2)5-6-10(3)15-13(18)14-8-11(19-4)7-12(16)17/h9-11H,5-8H2,1-4H3,(H,16,17)(H2,14,15,18). The minimum atomic E-state index is -0.945. The lowest BCUT2D eigenvalue weighted by Gasteiger charge is -2.18. The molecule has 0 heterocycles. The molecule has 0 aliphatic carbocycles. The first-order chi connectivity index (χ1) is 8.85. The lowest BCUT2D eigenvalue weighted by Crippen LogP contribution is -2.44. The molecule has 112 valence electrons. The highest BCUT2D eigenvalue weighted by Crippen LogP contribution is 2.06. The van der Waals surface area contributed by atoms with Gasteiger partial charge in [-0.1, -0.05) is 13.8 Å². The van der Waals surface area contributed by atoms with E-state index in [9.17, 15) is 9.59 Å². The summed E-state index contributed by atoms with van der Waals surface area (Å²) in [5.74, 6) is -0.333. The number of hydrogen-bond donors (Lipinski definition) is 3. The highest BCUT2D eigenvalue weighted by Gasteiger charge is 2.14. The van der Waals surface area contributed by atoms with Crippen molar-refractivity contribution < 1.29 is 19.4 Å². The second kappa shape index (κ2) is 9.61. The number of carboxylic acid groups (broad SMARTS) is 1. The smallest absolute Gasteiger partial charge is 0.315 e. The summed E-state index contributed by atoms with van der Waals surface area (Å²) in [7, 11) is 1.43. The second-order valence-electron chi connectivity index (χ2n) is 5.18. The molecule has 19 heavy (non-hydrogen) atoms. The number of methoxy groups -OCH3 is 1. The van der Waals surface area contributed by atoms with Crippen LogP contribution in [0.1, 0.15) is 40.0 Å². The first kappa shape index (κ1) is 17.7. The summed E-state index contributed by atoms with van der Waals surface area (Å²) in [6.07, 6.45) is 1.35. The fourth-order valence-electron chi connectivity index (χ4n) is 1.57. The zero-order valence-electron chi connectivity index (χ0n) is 12.2. The van der Waals surface area contributed by atoms with Crippen LogP contribution in [0, 0.1) is 5.92 Å². The van der Waals surface area contributed by atoms with Crippen molar-refractivity contribution in [1.29, 1.82) is 0 Å². The lowest BCUT2D eigenvalue weighted by molar-refractivity contribution is -0.139. The number of ether oxygens (including phenoxy) is 1. The number of amides is 2. The quantitative estimate of drug-likeness (QED) is 0.596. The Hall–Kier alpha value is -1.30. The van der Waals surface area contributed by atoms with Gasteiger partial charge in [-0.05, 0) is 25.7 Å². The zero-order chi connectivity index (χ0) is 14.8. The molecule has 0 spiro atoms. The van der Waals surface area contributed by atoms with Crippen molar-refractivity contribution in [1.82, 2.24) is 10.6 Å². The maximum Gasteiger partial charge on any atom is 0.315 e. The molecule has 0 bridgehead atoms. The van der Waals surface area contributed by atoms with E-state index in [-0.39, 0.29) is 25.0 Å². The van der Waals surface area contributed by atoms with Crippen LogP contribution in [0.15, 0.2) is 0 Å². The van der Waals surface area contributed by atoms with E-state index in [1.165, 1.54) is 7.11 Å². The molecule has 0 radical (unpaired) electrons. The summed E-state index contributed by atoms with van der Waals surface area (Å²) in [5, 5.41) is 14.1. The lowest BCUT2D eigenvalue weighted by atomic mass is 10.0. The van der Waals surface area contributed by atoms with Gasteiger partial charge in [0, 0.05) is 19.7 Å². The average molecular weight is 274 g/mol. The van der Waals surface area contributed by atoms with Gasteiger partial charge in [0.25, 0.3) is 0 Å². The summed E-state index contributed by atoms with van der Waals surface area (Å²) in [6.45, 7) is 6.42. The Morgan fingerprint density at radius 2 is 1.84 bits per heavy atom. The number of rotatable bonds is 9. The van der Waals surface area contributed by atoms with Gasteiger partial charge in [0.05, 0.1) is 12.5 Å². The molecule has 0 aliphatic rings. The molecule has 2 amide bonds. The molecule has 6 nitrogen and oxygen atoms in total. The van der Waals surface area contributed by atoms with Gasteiger partial charge in [0.2, 0.25) is 0 Å². The Labute approximate surface area is 114 Å². The van der Waals surface area contributed by atoms with Gasteiger partial charge >= 0.3 is 12.0 Å².